The molecule has 0 saturated heterocycles. The number of carbonyl (C=O) groups is 1. The van der Waals surface area contributed by atoms with E-state index in [4.69, 9.17) is 16.3 Å². The lowest BCUT2D eigenvalue weighted by Gasteiger charge is -2.23. The van der Waals surface area contributed by atoms with Crippen LogP contribution in [0.1, 0.15) is 37.9 Å². The number of ether oxygens (including phenoxy) is 1. The van der Waals surface area contributed by atoms with Crippen LogP contribution in [-0.2, 0) is 11.2 Å². The molecule has 1 aromatic rings. The predicted octanol–water partition coefficient (Wildman–Crippen LogP) is 2.82. The van der Waals surface area contributed by atoms with Crippen molar-refractivity contribution in [1.82, 2.24) is 5.32 Å². The second kappa shape index (κ2) is 5.02. The average molecular weight is 284 g/mol. The van der Waals surface area contributed by atoms with E-state index in [9.17, 15) is 9.90 Å². The zero-order valence-electron chi connectivity index (χ0n) is 11.2. The van der Waals surface area contributed by atoms with Gasteiger partial charge >= 0.3 is 6.09 Å². The number of alkyl carbamates (subject to hydrolysis) is 1. The first-order valence-corrected chi connectivity index (χ1v) is 6.60. The number of aliphatic hydroxyl groups excluding tert-OH is 1. The molecule has 1 aliphatic rings. The van der Waals surface area contributed by atoms with E-state index in [0.29, 0.717) is 11.4 Å². The van der Waals surface area contributed by atoms with Gasteiger partial charge in [-0.2, -0.15) is 0 Å². The average Bonchev–Trinajstić information content (AvgIpc) is 2.51. The number of nitrogens with one attached hydrogen (secondary N) is 1. The molecule has 1 aliphatic carbocycles. The van der Waals surface area contributed by atoms with Crippen LogP contribution >= 0.6 is 11.6 Å². The molecule has 2 rings (SSSR count). The number of amides is 1. The number of carbonyl (C=O) groups excluding carboxylic acids is 1. The largest absolute Gasteiger partial charge is 0.444 e. The summed E-state index contributed by atoms with van der Waals surface area (Å²) in [5, 5.41) is 13.4. The summed E-state index contributed by atoms with van der Waals surface area (Å²) in [6.07, 6.45) is -0.698. The highest BCUT2D eigenvalue weighted by atomic mass is 35.5. The van der Waals surface area contributed by atoms with Crippen LogP contribution in [0.25, 0.3) is 0 Å². The standard InChI is InChI=1S/C14H18ClNO3/c1-14(2,3)19-13(18)16-12-10-5-4-9(15)6-8(10)7-11(12)17/h4-6,11-12,17H,7H2,1-3H3,(H,16,18)/t11-,12+/m0/s1. The number of rotatable bonds is 1. The van der Waals surface area contributed by atoms with Crippen LogP contribution in [-0.4, -0.2) is 22.9 Å². The molecule has 2 N–H and O–H groups in total. The molecular weight excluding hydrogens is 266 g/mol. The molecule has 0 bridgehead atoms. The van der Waals surface area contributed by atoms with Crippen LogP contribution in [0, 0.1) is 0 Å². The van der Waals surface area contributed by atoms with Gasteiger partial charge in [0.25, 0.3) is 0 Å². The molecule has 0 unspecified atom stereocenters. The molecule has 0 saturated carbocycles. The first-order valence-electron chi connectivity index (χ1n) is 6.22. The molecule has 4 nitrogen and oxygen atoms in total. The maximum atomic E-state index is 11.8. The van der Waals surface area contributed by atoms with Crippen LogP contribution in [0.5, 0.6) is 0 Å². The Kier molecular flexibility index (Phi) is 3.74. The van der Waals surface area contributed by atoms with Gasteiger partial charge in [0.1, 0.15) is 5.60 Å². The molecule has 0 spiro atoms. The summed E-state index contributed by atoms with van der Waals surface area (Å²) < 4.78 is 5.20. The molecule has 0 aliphatic heterocycles. The third-order valence-electron chi connectivity index (χ3n) is 2.93. The highest BCUT2D eigenvalue weighted by molar-refractivity contribution is 6.30. The Bertz CT molecular complexity index is 496. The summed E-state index contributed by atoms with van der Waals surface area (Å²) in [6, 6.07) is 4.96. The van der Waals surface area contributed by atoms with Gasteiger partial charge in [0.2, 0.25) is 0 Å². The van der Waals surface area contributed by atoms with Gasteiger partial charge in [-0.15, -0.1) is 0 Å². The Hall–Kier alpha value is -1.26. The van der Waals surface area contributed by atoms with E-state index < -0.39 is 23.8 Å². The number of aliphatic hydroxyl groups is 1. The summed E-state index contributed by atoms with van der Waals surface area (Å²) in [5.41, 5.74) is 1.29. The van der Waals surface area contributed by atoms with Gasteiger partial charge in [0, 0.05) is 11.4 Å². The fourth-order valence-corrected chi connectivity index (χ4v) is 2.41. The highest BCUT2D eigenvalue weighted by Crippen LogP contribution is 2.33. The van der Waals surface area contributed by atoms with Crippen molar-refractivity contribution < 1.29 is 14.6 Å². The first-order chi connectivity index (χ1) is 8.76. The maximum absolute atomic E-state index is 11.8. The summed E-state index contributed by atoms with van der Waals surface area (Å²) in [7, 11) is 0. The minimum atomic E-state index is -0.652. The van der Waals surface area contributed by atoms with Crippen molar-refractivity contribution in [2.24, 2.45) is 0 Å². The van der Waals surface area contributed by atoms with E-state index in [1.54, 1.807) is 26.8 Å². The van der Waals surface area contributed by atoms with Crippen LogP contribution in [0.4, 0.5) is 4.79 Å². The summed E-state index contributed by atoms with van der Waals surface area (Å²) in [6.45, 7) is 5.39. The molecule has 0 heterocycles. The molecule has 0 fully saturated rings. The molecule has 19 heavy (non-hydrogen) atoms. The smallest absolute Gasteiger partial charge is 0.408 e. The number of halogens is 1. The Balaban J connectivity index is 2.12. The lowest BCUT2D eigenvalue weighted by atomic mass is 10.1. The zero-order chi connectivity index (χ0) is 14.2. The third kappa shape index (κ3) is 3.39. The van der Waals surface area contributed by atoms with Gasteiger partial charge in [-0.05, 0) is 44.0 Å². The molecule has 104 valence electrons. The number of hydrogen-bond acceptors (Lipinski definition) is 3. The van der Waals surface area contributed by atoms with Crippen molar-refractivity contribution in [3.05, 3.63) is 34.3 Å². The Morgan fingerprint density at radius 3 is 2.79 bits per heavy atom. The topological polar surface area (TPSA) is 58.6 Å². The predicted molar refractivity (Wildman–Crippen MR) is 73.3 cm³/mol. The summed E-state index contributed by atoms with van der Waals surface area (Å²) >= 11 is 5.92. The summed E-state index contributed by atoms with van der Waals surface area (Å²) in [4.78, 5) is 11.8. The quantitative estimate of drug-likeness (QED) is 0.833. The highest BCUT2D eigenvalue weighted by Gasteiger charge is 2.33. The van der Waals surface area contributed by atoms with Gasteiger partial charge in [-0.3, -0.25) is 0 Å². The molecule has 5 heteroatoms. The summed E-state index contributed by atoms with van der Waals surface area (Å²) in [5.74, 6) is 0. The molecule has 1 aromatic carbocycles. The van der Waals surface area contributed by atoms with Crippen molar-refractivity contribution in [3.8, 4) is 0 Å². The monoisotopic (exact) mass is 283 g/mol. The minimum Gasteiger partial charge on any atom is -0.444 e. The van der Waals surface area contributed by atoms with E-state index in [1.807, 2.05) is 12.1 Å². The Morgan fingerprint density at radius 1 is 1.47 bits per heavy atom. The molecule has 0 aromatic heterocycles. The van der Waals surface area contributed by atoms with Crippen LogP contribution in [0.3, 0.4) is 0 Å². The normalized spacial score (nSPS) is 21.9. The maximum Gasteiger partial charge on any atom is 0.408 e. The van der Waals surface area contributed by atoms with E-state index >= 15 is 0 Å². The van der Waals surface area contributed by atoms with Gasteiger partial charge in [-0.1, -0.05) is 17.7 Å². The van der Waals surface area contributed by atoms with Crippen molar-refractivity contribution in [1.29, 1.82) is 0 Å². The molecule has 1 amide bonds. The van der Waals surface area contributed by atoms with E-state index in [0.717, 1.165) is 11.1 Å². The van der Waals surface area contributed by atoms with Gasteiger partial charge in [0.15, 0.2) is 0 Å². The van der Waals surface area contributed by atoms with Gasteiger partial charge in [0.05, 0.1) is 12.1 Å². The zero-order valence-corrected chi connectivity index (χ0v) is 12.0. The second-order valence-electron chi connectivity index (χ2n) is 5.74. The van der Waals surface area contributed by atoms with E-state index in [1.165, 1.54) is 0 Å². The van der Waals surface area contributed by atoms with Crippen LogP contribution in [0.2, 0.25) is 5.02 Å². The van der Waals surface area contributed by atoms with Crippen molar-refractivity contribution in [2.75, 3.05) is 0 Å². The van der Waals surface area contributed by atoms with Crippen molar-refractivity contribution >= 4 is 17.7 Å². The van der Waals surface area contributed by atoms with Crippen LogP contribution in [0.15, 0.2) is 18.2 Å². The number of hydrogen-bond donors (Lipinski definition) is 2. The van der Waals surface area contributed by atoms with E-state index in [2.05, 4.69) is 5.32 Å². The Morgan fingerprint density at radius 2 is 2.16 bits per heavy atom. The second-order valence-corrected chi connectivity index (χ2v) is 6.17. The Labute approximate surface area is 117 Å². The van der Waals surface area contributed by atoms with Crippen molar-refractivity contribution in [3.63, 3.8) is 0 Å². The number of benzene rings is 1. The minimum absolute atomic E-state index is 0.442. The fraction of sp³-hybridized carbons (Fsp3) is 0.500. The SMILES string of the molecule is CC(C)(C)OC(=O)N[C@@H]1c2ccc(Cl)cc2C[C@@H]1O. The molecule has 2 atom stereocenters. The number of fused-ring (bicyclic) bond motifs is 1. The van der Waals surface area contributed by atoms with E-state index in [-0.39, 0.29) is 0 Å². The van der Waals surface area contributed by atoms with Gasteiger partial charge in [-0.25, -0.2) is 4.79 Å². The third-order valence-corrected chi connectivity index (χ3v) is 3.16. The molecular formula is C14H18ClNO3. The van der Waals surface area contributed by atoms with Crippen molar-refractivity contribution in [2.45, 2.75) is 44.9 Å². The molecule has 0 radical (unpaired) electrons. The van der Waals surface area contributed by atoms with Gasteiger partial charge < -0.3 is 15.2 Å². The van der Waals surface area contributed by atoms with Crippen LogP contribution < -0.4 is 5.32 Å². The fourth-order valence-electron chi connectivity index (χ4n) is 2.21. The first kappa shape index (κ1) is 14.2. The lowest BCUT2D eigenvalue weighted by molar-refractivity contribution is 0.0438. The lowest BCUT2D eigenvalue weighted by Crippen LogP contribution is -2.38.